The van der Waals surface area contributed by atoms with Crippen molar-refractivity contribution in [2.24, 2.45) is 0 Å². The lowest BCUT2D eigenvalue weighted by Crippen LogP contribution is -2.02. The second-order valence-electron chi connectivity index (χ2n) is 6.76. The number of nitrogens with zero attached hydrogens (tertiary/aromatic N) is 2. The van der Waals surface area contributed by atoms with E-state index in [0.717, 1.165) is 39.2 Å². The van der Waals surface area contributed by atoms with Gasteiger partial charge in [-0.2, -0.15) is 0 Å². The summed E-state index contributed by atoms with van der Waals surface area (Å²) in [6, 6.07) is 23.9. The predicted octanol–water partition coefficient (Wildman–Crippen LogP) is 6.86. The molecule has 0 aliphatic carbocycles. The van der Waals surface area contributed by atoms with Crippen LogP contribution in [0, 0.1) is 6.92 Å². The molecule has 1 N–H and O–H groups in total. The molecule has 142 valence electrons. The molecule has 0 saturated heterocycles. The van der Waals surface area contributed by atoms with Crippen molar-refractivity contribution in [3.63, 3.8) is 0 Å². The van der Waals surface area contributed by atoms with Crippen LogP contribution in [0.1, 0.15) is 11.1 Å². The zero-order valence-electron chi connectivity index (χ0n) is 16.1. The van der Waals surface area contributed by atoms with E-state index in [2.05, 4.69) is 29.9 Å². The Morgan fingerprint density at radius 1 is 0.897 bits per heavy atom. The molecule has 0 aliphatic rings. The van der Waals surface area contributed by atoms with Crippen molar-refractivity contribution in [2.45, 2.75) is 6.92 Å². The molecule has 4 heteroatoms. The maximum absolute atomic E-state index is 6.44. The van der Waals surface area contributed by atoms with E-state index < -0.39 is 0 Å². The molecule has 0 amide bonds. The predicted molar refractivity (Wildman–Crippen MR) is 122 cm³/mol. The smallest absolute Gasteiger partial charge is 0.131 e. The fraction of sp³-hybridized carbons (Fsp3) is 0.0400. The fourth-order valence-corrected chi connectivity index (χ4v) is 3.48. The molecule has 0 radical (unpaired) electrons. The van der Waals surface area contributed by atoms with Gasteiger partial charge < -0.3 is 5.32 Å². The van der Waals surface area contributed by atoms with Gasteiger partial charge in [0.25, 0.3) is 0 Å². The topological polar surface area (TPSA) is 37.8 Å². The molecular formula is C25H20ClN3. The molecule has 0 saturated carbocycles. The van der Waals surface area contributed by atoms with E-state index in [1.54, 1.807) is 12.4 Å². The lowest BCUT2D eigenvalue weighted by atomic mass is 10.0. The van der Waals surface area contributed by atoms with Crippen molar-refractivity contribution >= 4 is 23.1 Å². The Morgan fingerprint density at radius 3 is 2.38 bits per heavy atom. The molecule has 2 aromatic carbocycles. The van der Waals surface area contributed by atoms with Gasteiger partial charge in [0.1, 0.15) is 5.82 Å². The molecule has 29 heavy (non-hydrogen) atoms. The average Bonchev–Trinajstić information content (AvgIpc) is 2.75. The van der Waals surface area contributed by atoms with Crippen molar-refractivity contribution in [3.8, 4) is 22.4 Å². The second kappa shape index (κ2) is 8.29. The zero-order valence-corrected chi connectivity index (χ0v) is 16.8. The molecule has 0 unspecified atom stereocenters. The standard InChI is InChI=1S/C25H20ClN3/c1-17-7-3-4-8-21(17)18(2)28-25-16-20(19-11-13-27-14-12-19)15-24(29-25)22-9-5-6-10-23(22)26/h3-16H,2H2,1H3,(H,28,29). The van der Waals surface area contributed by atoms with Crippen LogP contribution in [0.3, 0.4) is 0 Å². The van der Waals surface area contributed by atoms with E-state index in [1.807, 2.05) is 66.7 Å². The molecule has 0 spiro atoms. The number of anilines is 1. The van der Waals surface area contributed by atoms with Gasteiger partial charge in [0, 0.05) is 34.2 Å². The Labute approximate surface area is 175 Å². The SMILES string of the molecule is C=C(Nc1cc(-c2ccncc2)cc(-c2ccccc2Cl)n1)c1ccccc1C. The number of aromatic nitrogens is 2. The Hall–Kier alpha value is -3.43. The van der Waals surface area contributed by atoms with Gasteiger partial charge in [0.15, 0.2) is 0 Å². The van der Waals surface area contributed by atoms with Crippen molar-refractivity contribution in [3.05, 3.63) is 108 Å². The van der Waals surface area contributed by atoms with Gasteiger partial charge in [-0.1, -0.05) is 60.6 Å². The van der Waals surface area contributed by atoms with Crippen molar-refractivity contribution in [1.82, 2.24) is 9.97 Å². The van der Waals surface area contributed by atoms with Crippen LogP contribution in [0.4, 0.5) is 5.82 Å². The Morgan fingerprint density at radius 2 is 1.62 bits per heavy atom. The first-order valence-corrected chi connectivity index (χ1v) is 9.69. The number of aryl methyl sites for hydroxylation is 1. The minimum Gasteiger partial charge on any atom is -0.340 e. The van der Waals surface area contributed by atoms with E-state index in [-0.39, 0.29) is 0 Å². The summed E-state index contributed by atoms with van der Waals surface area (Å²) < 4.78 is 0. The number of hydrogen-bond donors (Lipinski definition) is 1. The van der Waals surface area contributed by atoms with Crippen LogP contribution in [0.15, 0.2) is 91.8 Å². The summed E-state index contributed by atoms with van der Waals surface area (Å²) in [6.07, 6.45) is 3.56. The lowest BCUT2D eigenvalue weighted by molar-refractivity contribution is 1.29. The summed E-state index contributed by atoms with van der Waals surface area (Å²) >= 11 is 6.44. The lowest BCUT2D eigenvalue weighted by Gasteiger charge is -2.15. The molecule has 0 atom stereocenters. The number of nitrogens with one attached hydrogen (secondary N) is 1. The fourth-order valence-electron chi connectivity index (χ4n) is 3.25. The Bertz CT molecular complexity index is 1170. The van der Waals surface area contributed by atoms with E-state index in [1.165, 1.54) is 0 Å². The molecule has 2 aromatic heterocycles. The Kier molecular flexibility index (Phi) is 5.41. The first-order valence-electron chi connectivity index (χ1n) is 9.31. The van der Waals surface area contributed by atoms with Crippen LogP contribution < -0.4 is 5.32 Å². The summed E-state index contributed by atoms with van der Waals surface area (Å²) in [4.78, 5) is 8.93. The van der Waals surface area contributed by atoms with Gasteiger partial charge >= 0.3 is 0 Å². The van der Waals surface area contributed by atoms with Gasteiger partial charge in [-0.3, -0.25) is 4.98 Å². The van der Waals surface area contributed by atoms with Crippen LogP contribution >= 0.6 is 11.6 Å². The number of benzene rings is 2. The van der Waals surface area contributed by atoms with Crippen LogP contribution in [0.5, 0.6) is 0 Å². The Balaban J connectivity index is 1.79. The van der Waals surface area contributed by atoms with Gasteiger partial charge in [0.2, 0.25) is 0 Å². The average molecular weight is 398 g/mol. The van der Waals surface area contributed by atoms with Gasteiger partial charge in [-0.25, -0.2) is 4.98 Å². The molecule has 4 aromatic rings. The number of pyridine rings is 2. The summed E-state index contributed by atoms with van der Waals surface area (Å²) in [5.41, 5.74) is 6.77. The van der Waals surface area contributed by atoms with Crippen LogP contribution in [-0.2, 0) is 0 Å². The number of rotatable bonds is 5. The van der Waals surface area contributed by atoms with Gasteiger partial charge in [-0.15, -0.1) is 0 Å². The van der Waals surface area contributed by atoms with Crippen molar-refractivity contribution < 1.29 is 0 Å². The molecule has 3 nitrogen and oxygen atoms in total. The number of halogens is 1. The van der Waals surface area contributed by atoms with Crippen molar-refractivity contribution in [1.29, 1.82) is 0 Å². The highest BCUT2D eigenvalue weighted by atomic mass is 35.5. The van der Waals surface area contributed by atoms with E-state index in [4.69, 9.17) is 16.6 Å². The quantitative estimate of drug-likeness (QED) is 0.400. The third-order valence-corrected chi connectivity index (χ3v) is 5.07. The highest BCUT2D eigenvalue weighted by Gasteiger charge is 2.11. The molecule has 4 rings (SSSR count). The zero-order chi connectivity index (χ0) is 20.2. The minimum atomic E-state index is 0.663. The molecule has 0 bridgehead atoms. The minimum absolute atomic E-state index is 0.663. The highest BCUT2D eigenvalue weighted by Crippen LogP contribution is 2.32. The molecule has 2 heterocycles. The van der Waals surface area contributed by atoms with Gasteiger partial charge in [-0.05, 0) is 53.9 Å². The summed E-state index contributed by atoms with van der Waals surface area (Å²) in [6.45, 7) is 6.28. The van der Waals surface area contributed by atoms with E-state index in [9.17, 15) is 0 Å². The van der Waals surface area contributed by atoms with Crippen LogP contribution in [0.2, 0.25) is 5.02 Å². The maximum atomic E-state index is 6.44. The monoisotopic (exact) mass is 397 g/mol. The summed E-state index contributed by atoms with van der Waals surface area (Å²) in [7, 11) is 0. The molecule has 0 fully saturated rings. The number of hydrogen-bond acceptors (Lipinski definition) is 3. The third-order valence-electron chi connectivity index (χ3n) is 4.74. The first kappa shape index (κ1) is 18.9. The molecule has 0 aliphatic heterocycles. The first-order chi connectivity index (χ1) is 14.1. The largest absolute Gasteiger partial charge is 0.340 e. The van der Waals surface area contributed by atoms with E-state index in [0.29, 0.717) is 10.8 Å². The van der Waals surface area contributed by atoms with E-state index >= 15 is 0 Å². The highest BCUT2D eigenvalue weighted by molar-refractivity contribution is 6.33. The molecular weight excluding hydrogens is 378 g/mol. The maximum Gasteiger partial charge on any atom is 0.131 e. The summed E-state index contributed by atoms with van der Waals surface area (Å²) in [5.74, 6) is 0.711. The van der Waals surface area contributed by atoms with Crippen molar-refractivity contribution in [2.75, 3.05) is 5.32 Å². The second-order valence-corrected chi connectivity index (χ2v) is 7.17. The van der Waals surface area contributed by atoms with Gasteiger partial charge in [0.05, 0.1) is 5.69 Å². The summed E-state index contributed by atoms with van der Waals surface area (Å²) in [5, 5.41) is 4.04. The van der Waals surface area contributed by atoms with Crippen LogP contribution in [0.25, 0.3) is 28.1 Å². The third kappa shape index (κ3) is 4.20. The van der Waals surface area contributed by atoms with Crippen LogP contribution in [-0.4, -0.2) is 9.97 Å². The normalized spacial score (nSPS) is 10.6.